The smallest absolute Gasteiger partial charge is 0.0133 e. The van der Waals surface area contributed by atoms with Gasteiger partial charge in [0.05, 0.1) is 0 Å². The Morgan fingerprint density at radius 2 is 1.87 bits per heavy atom. The number of thioether (sulfide) groups is 1. The van der Waals surface area contributed by atoms with Crippen LogP contribution in [-0.2, 0) is 0 Å². The SMILES string of the molecule is CCCCC(CC)CC(N)CSC(C)C. The maximum Gasteiger partial charge on any atom is 0.0133 e. The summed E-state index contributed by atoms with van der Waals surface area (Å²) in [6, 6.07) is 0.402. The largest absolute Gasteiger partial charge is 0.327 e. The molecule has 0 aromatic heterocycles. The van der Waals surface area contributed by atoms with Crippen LogP contribution in [0.4, 0.5) is 0 Å². The average Bonchev–Trinajstić information content (AvgIpc) is 2.21. The molecule has 2 heteroatoms. The summed E-state index contributed by atoms with van der Waals surface area (Å²) in [4.78, 5) is 0. The molecule has 0 aliphatic rings. The van der Waals surface area contributed by atoms with E-state index in [9.17, 15) is 0 Å². The second kappa shape index (κ2) is 9.53. The molecular formula is C13H29NS. The molecule has 0 aliphatic carbocycles. The van der Waals surface area contributed by atoms with E-state index in [-0.39, 0.29) is 0 Å². The fourth-order valence-electron chi connectivity index (χ4n) is 1.79. The fourth-order valence-corrected chi connectivity index (χ4v) is 2.56. The monoisotopic (exact) mass is 231 g/mol. The first-order chi connectivity index (χ1) is 7.10. The quantitative estimate of drug-likeness (QED) is 0.647. The Morgan fingerprint density at radius 1 is 1.20 bits per heavy atom. The van der Waals surface area contributed by atoms with E-state index in [1.165, 1.54) is 32.1 Å². The van der Waals surface area contributed by atoms with Gasteiger partial charge in [0.1, 0.15) is 0 Å². The standard InChI is InChI=1S/C13H29NS/c1-5-7-8-12(6-2)9-13(14)10-15-11(3)4/h11-13H,5-10,14H2,1-4H3. The van der Waals surface area contributed by atoms with Crippen LogP contribution in [0.2, 0.25) is 0 Å². The van der Waals surface area contributed by atoms with Crippen LogP contribution < -0.4 is 5.73 Å². The minimum absolute atomic E-state index is 0.402. The molecule has 0 radical (unpaired) electrons. The molecule has 0 aromatic rings. The molecule has 0 saturated heterocycles. The third kappa shape index (κ3) is 9.25. The van der Waals surface area contributed by atoms with Gasteiger partial charge in [-0.1, -0.05) is 53.4 Å². The van der Waals surface area contributed by atoms with Crippen LogP contribution in [0.3, 0.4) is 0 Å². The first kappa shape index (κ1) is 15.3. The minimum Gasteiger partial charge on any atom is -0.327 e. The molecule has 92 valence electrons. The van der Waals surface area contributed by atoms with Crippen molar-refractivity contribution in [2.75, 3.05) is 5.75 Å². The second-order valence-electron chi connectivity index (χ2n) is 4.79. The molecule has 2 atom stereocenters. The maximum absolute atomic E-state index is 6.15. The van der Waals surface area contributed by atoms with Gasteiger partial charge in [-0.05, 0) is 17.6 Å². The summed E-state index contributed by atoms with van der Waals surface area (Å²) in [5.41, 5.74) is 6.15. The maximum atomic E-state index is 6.15. The summed E-state index contributed by atoms with van der Waals surface area (Å²) in [5, 5.41) is 0.715. The molecular weight excluding hydrogens is 202 g/mol. The predicted molar refractivity (Wildman–Crippen MR) is 73.5 cm³/mol. The van der Waals surface area contributed by atoms with Crippen molar-refractivity contribution in [1.82, 2.24) is 0 Å². The molecule has 0 saturated carbocycles. The van der Waals surface area contributed by atoms with Crippen LogP contribution in [0, 0.1) is 5.92 Å². The molecule has 0 aliphatic heterocycles. The third-order valence-corrected chi connectivity index (χ3v) is 4.11. The van der Waals surface area contributed by atoms with E-state index in [0.717, 1.165) is 11.7 Å². The first-order valence-corrected chi connectivity index (χ1v) is 7.52. The zero-order valence-electron chi connectivity index (χ0n) is 11.0. The number of rotatable bonds is 9. The van der Waals surface area contributed by atoms with Gasteiger partial charge in [0.25, 0.3) is 0 Å². The number of nitrogens with two attached hydrogens (primary N) is 1. The highest BCUT2D eigenvalue weighted by atomic mass is 32.2. The molecule has 0 bridgehead atoms. The molecule has 2 unspecified atom stereocenters. The average molecular weight is 231 g/mol. The second-order valence-corrected chi connectivity index (χ2v) is 6.40. The highest BCUT2D eigenvalue weighted by Crippen LogP contribution is 2.20. The Morgan fingerprint density at radius 3 is 2.33 bits per heavy atom. The molecule has 0 amide bonds. The molecule has 0 rings (SSSR count). The third-order valence-electron chi connectivity index (χ3n) is 2.82. The zero-order valence-corrected chi connectivity index (χ0v) is 11.8. The zero-order chi connectivity index (χ0) is 11.7. The van der Waals surface area contributed by atoms with Crippen molar-refractivity contribution in [3.05, 3.63) is 0 Å². The molecule has 0 fully saturated rings. The van der Waals surface area contributed by atoms with Crippen molar-refractivity contribution in [3.63, 3.8) is 0 Å². The Balaban J connectivity index is 3.64. The van der Waals surface area contributed by atoms with Crippen LogP contribution in [0.5, 0.6) is 0 Å². The number of unbranched alkanes of at least 4 members (excludes halogenated alkanes) is 1. The summed E-state index contributed by atoms with van der Waals surface area (Å²) in [6.45, 7) is 9.04. The van der Waals surface area contributed by atoms with Gasteiger partial charge in [-0.3, -0.25) is 0 Å². The van der Waals surface area contributed by atoms with Crippen molar-refractivity contribution in [2.24, 2.45) is 11.7 Å². The van der Waals surface area contributed by atoms with Gasteiger partial charge in [0.15, 0.2) is 0 Å². The Labute approximate surface area is 101 Å². The van der Waals surface area contributed by atoms with Gasteiger partial charge in [-0.2, -0.15) is 11.8 Å². The normalized spacial score (nSPS) is 15.6. The first-order valence-electron chi connectivity index (χ1n) is 6.47. The highest BCUT2D eigenvalue weighted by molar-refractivity contribution is 7.99. The lowest BCUT2D eigenvalue weighted by Gasteiger charge is -2.20. The van der Waals surface area contributed by atoms with Gasteiger partial charge in [0.2, 0.25) is 0 Å². The van der Waals surface area contributed by atoms with E-state index in [0.29, 0.717) is 11.3 Å². The predicted octanol–water partition coefficient (Wildman–Crippen LogP) is 4.06. The number of hydrogen-bond donors (Lipinski definition) is 1. The lowest BCUT2D eigenvalue weighted by molar-refractivity contribution is 0.396. The van der Waals surface area contributed by atoms with Gasteiger partial charge >= 0.3 is 0 Å². The summed E-state index contributed by atoms with van der Waals surface area (Å²) in [7, 11) is 0. The van der Waals surface area contributed by atoms with Gasteiger partial charge in [-0.25, -0.2) is 0 Å². The summed E-state index contributed by atoms with van der Waals surface area (Å²) in [5.74, 6) is 1.98. The van der Waals surface area contributed by atoms with Crippen LogP contribution in [0.1, 0.15) is 59.8 Å². The van der Waals surface area contributed by atoms with Crippen LogP contribution in [-0.4, -0.2) is 17.0 Å². The van der Waals surface area contributed by atoms with Gasteiger partial charge in [0, 0.05) is 11.8 Å². The molecule has 0 heterocycles. The van der Waals surface area contributed by atoms with E-state index in [2.05, 4.69) is 27.7 Å². The fraction of sp³-hybridized carbons (Fsp3) is 1.00. The molecule has 15 heavy (non-hydrogen) atoms. The Kier molecular flexibility index (Phi) is 9.73. The highest BCUT2D eigenvalue weighted by Gasteiger charge is 2.12. The summed E-state index contributed by atoms with van der Waals surface area (Å²) in [6.07, 6.45) is 6.55. The van der Waals surface area contributed by atoms with Gasteiger partial charge < -0.3 is 5.73 Å². The van der Waals surface area contributed by atoms with Crippen molar-refractivity contribution in [3.8, 4) is 0 Å². The van der Waals surface area contributed by atoms with Crippen LogP contribution in [0.25, 0.3) is 0 Å². The Hall–Kier alpha value is 0.310. The minimum atomic E-state index is 0.402. The van der Waals surface area contributed by atoms with E-state index < -0.39 is 0 Å². The van der Waals surface area contributed by atoms with Crippen LogP contribution >= 0.6 is 11.8 Å². The summed E-state index contributed by atoms with van der Waals surface area (Å²) < 4.78 is 0. The van der Waals surface area contributed by atoms with Crippen molar-refractivity contribution >= 4 is 11.8 Å². The molecule has 0 aromatic carbocycles. The molecule has 1 nitrogen and oxygen atoms in total. The van der Waals surface area contributed by atoms with Crippen LogP contribution in [0.15, 0.2) is 0 Å². The lowest BCUT2D eigenvalue weighted by atomic mass is 9.93. The van der Waals surface area contributed by atoms with Crippen molar-refractivity contribution in [2.45, 2.75) is 71.1 Å². The topological polar surface area (TPSA) is 26.0 Å². The van der Waals surface area contributed by atoms with Gasteiger partial charge in [-0.15, -0.1) is 0 Å². The molecule has 0 spiro atoms. The molecule has 2 N–H and O–H groups in total. The van der Waals surface area contributed by atoms with E-state index in [4.69, 9.17) is 5.73 Å². The lowest BCUT2D eigenvalue weighted by Crippen LogP contribution is -2.26. The van der Waals surface area contributed by atoms with E-state index >= 15 is 0 Å². The number of hydrogen-bond acceptors (Lipinski definition) is 2. The van der Waals surface area contributed by atoms with E-state index in [1.54, 1.807) is 0 Å². The van der Waals surface area contributed by atoms with Crippen molar-refractivity contribution < 1.29 is 0 Å². The Bertz CT molecular complexity index is 136. The van der Waals surface area contributed by atoms with Crippen molar-refractivity contribution in [1.29, 1.82) is 0 Å². The summed E-state index contributed by atoms with van der Waals surface area (Å²) >= 11 is 1.99. The van der Waals surface area contributed by atoms with E-state index in [1.807, 2.05) is 11.8 Å².